The van der Waals surface area contributed by atoms with Gasteiger partial charge in [0.05, 0.1) is 12.2 Å². The lowest BCUT2D eigenvalue weighted by atomic mass is 9.99. The minimum atomic E-state index is 0.648. The van der Waals surface area contributed by atoms with Crippen molar-refractivity contribution in [2.75, 3.05) is 19.6 Å². The van der Waals surface area contributed by atoms with E-state index in [1.54, 1.807) is 0 Å². The van der Waals surface area contributed by atoms with E-state index in [1.807, 2.05) is 0 Å². The topological polar surface area (TPSA) is 41.3 Å². The molecule has 0 spiro atoms. The summed E-state index contributed by atoms with van der Waals surface area (Å²) in [6.07, 6.45) is 1.22. The van der Waals surface area contributed by atoms with Crippen molar-refractivity contribution < 1.29 is 4.52 Å². The fourth-order valence-corrected chi connectivity index (χ4v) is 2.96. The Balaban J connectivity index is 1.54. The van der Waals surface area contributed by atoms with Gasteiger partial charge in [-0.2, -0.15) is 0 Å². The van der Waals surface area contributed by atoms with Crippen molar-refractivity contribution >= 4 is 0 Å². The summed E-state index contributed by atoms with van der Waals surface area (Å²) in [5, 5.41) is 7.37. The molecule has 1 N–H and O–H groups in total. The van der Waals surface area contributed by atoms with Crippen LogP contribution >= 0.6 is 0 Å². The predicted molar refractivity (Wildman–Crippen MR) is 83.0 cm³/mol. The molecular formula is C17H23N3O. The molecule has 1 aliphatic rings. The Morgan fingerprint density at radius 3 is 3.00 bits per heavy atom. The maximum Gasteiger partial charge on any atom is 0.151 e. The second kappa shape index (κ2) is 6.87. The van der Waals surface area contributed by atoms with E-state index in [9.17, 15) is 0 Å². The van der Waals surface area contributed by atoms with Crippen molar-refractivity contribution in [2.24, 2.45) is 0 Å². The maximum atomic E-state index is 5.43. The molecule has 0 aliphatic carbocycles. The van der Waals surface area contributed by atoms with Gasteiger partial charge in [-0.15, -0.1) is 0 Å². The highest BCUT2D eigenvalue weighted by Crippen LogP contribution is 2.27. The smallest absolute Gasteiger partial charge is 0.151 e. The Kier molecular flexibility index (Phi) is 4.68. The molecule has 4 heteroatoms. The zero-order valence-corrected chi connectivity index (χ0v) is 12.6. The molecule has 1 saturated heterocycles. The first kappa shape index (κ1) is 14.3. The summed E-state index contributed by atoms with van der Waals surface area (Å²) in [6, 6.07) is 12.9. The van der Waals surface area contributed by atoms with Gasteiger partial charge in [-0.05, 0) is 31.0 Å². The van der Waals surface area contributed by atoms with Crippen LogP contribution in [0.25, 0.3) is 0 Å². The Hall–Kier alpha value is -1.65. The number of nitrogens with zero attached hydrogens (tertiary/aromatic N) is 2. The molecule has 0 radical (unpaired) electrons. The Morgan fingerprint density at radius 2 is 2.19 bits per heavy atom. The van der Waals surface area contributed by atoms with E-state index >= 15 is 0 Å². The van der Waals surface area contributed by atoms with Crippen LogP contribution in [0.15, 0.2) is 40.9 Å². The molecule has 1 unspecified atom stereocenters. The van der Waals surface area contributed by atoms with Crippen molar-refractivity contribution in [3.05, 3.63) is 53.4 Å². The number of nitrogens with one attached hydrogen (secondary N) is 1. The minimum absolute atomic E-state index is 0.648. The first-order chi connectivity index (χ1) is 10.3. The van der Waals surface area contributed by atoms with E-state index in [4.69, 9.17) is 4.52 Å². The summed E-state index contributed by atoms with van der Waals surface area (Å²) in [4.78, 5) is 2.45. The second-order valence-electron chi connectivity index (χ2n) is 5.70. The number of hydrogen-bond acceptors (Lipinski definition) is 4. The SMILES string of the molecule is CCNCc1cc(CN2CCC(c3ccccc3)C2)on1. The lowest BCUT2D eigenvalue weighted by molar-refractivity contribution is 0.270. The molecule has 2 aromatic rings. The van der Waals surface area contributed by atoms with Gasteiger partial charge in [0.2, 0.25) is 0 Å². The van der Waals surface area contributed by atoms with E-state index in [0.717, 1.165) is 44.2 Å². The highest BCUT2D eigenvalue weighted by atomic mass is 16.5. The normalized spacial score (nSPS) is 19.2. The van der Waals surface area contributed by atoms with E-state index in [1.165, 1.54) is 12.0 Å². The van der Waals surface area contributed by atoms with Crippen LogP contribution in [0, 0.1) is 0 Å². The van der Waals surface area contributed by atoms with Gasteiger partial charge in [-0.3, -0.25) is 4.90 Å². The molecule has 1 aromatic carbocycles. The molecule has 1 atom stereocenters. The molecule has 4 nitrogen and oxygen atoms in total. The van der Waals surface area contributed by atoms with Crippen LogP contribution in [0.3, 0.4) is 0 Å². The lowest BCUT2D eigenvalue weighted by Gasteiger charge is -2.14. The van der Waals surface area contributed by atoms with Gasteiger partial charge in [0.15, 0.2) is 5.76 Å². The molecule has 1 aromatic heterocycles. The summed E-state index contributed by atoms with van der Waals surface area (Å²) in [5.74, 6) is 1.62. The summed E-state index contributed by atoms with van der Waals surface area (Å²) < 4.78 is 5.43. The van der Waals surface area contributed by atoms with Crippen molar-refractivity contribution in [3.63, 3.8) is 0 Å². The molecule has 1 aliphatic heterocycles. The number of benzene rings is 1. The van der Waals surface area contributed by atoms with Crippen molar-refractivity contribution in [1.29, 1.82) is 0 Å². The van der Waals surface area contributed by atoms with Crippen LogP contribution in [0.4, 0.5) is 0 Å². The molecule has 1 fully saturated rings. The van der Waals surface area contributed by atoms with Crippen LogP contribution in [0.1, 0.15) is 36.3 Å². The third-order valence-electron chi connectivity index (χ3n) is 4.09. The van der Waals surface area contributed by atoms with Gasteiger partial charge >= 0.3 is 0 Å². The Bertz CT molecular complexity index is 552. The maximum absolute atomic E-state index is 5.43. The third-order valence-corrected chi connectivity index (χ3v) is 4.09. The summed E-state index contributed by atoms with van der Waals surface area (Å²) >= 11 is 0. The quantitative estimate of drug-likeness (QED) is 0.886. The summed E-state index contributed by atoms with van der Waals surface area (Å²) in [6.45, 7) is 6.92. The van der Waals surface area contributed by atoms with Crippen LogP contribution < -0.4 is 5.32 Å². The molecule has 0 bridgehead atoms. The molecule has 112 valence electrons. The highest BCUT2D eigenvalue weighted by molar-refractivity contribution is 5.21. The fourth-order valence-electron chi connectivity index (χ4n) is 2.96. The number of aromatic nitrogens is 1. The average molecular weight is 285 g/mol. The molecule has 0 amide bonds. The highest BCUT2D eigenvalue weighted by Gasteiger charge is 2.24. The Morgan fingerprint density at radius 1 is 1.33 bits per heavy atom. The van der Waals surface area contributed by atoms with Gasteiger partial charge < -0.3 is 9.84 Å². The number of rotatable bonds is 6. The second-order valence-corrected chi connectivity index (χ2v) is 5.70. The van der Waals surface area contributed by atoms with Crippen LogP contribution in [0.2, 0.25) is 0 Å². The minimum Gasteiger partial charge on any atom is -0.360 e. The van der Waals surface area contributed by atoms with Crippen LogP contribution in [-0.2, 0) is 13.1 Å². The lowest BCUT2D eigenvalue weighted by Crippen LogP contribution is -2.19. The van der Waals surface area contributed by atoms with Crippen LogP contribution in [0.5, 0.6) is 0 Å². The zero-order valence-electron chi connectivity index (χ0n) is 12.6. The third kappa shape index (κ3) is 3.71. The first-order valence-corrected chi connectivity index (χ1v) is 7.77. The molecular weight excluding hydrogens is 262 g/mol. The van der Waals surface area contributed by atoms with Crippen molar-refractivity contribution in [2.45, 2.75) is 32.4 Å². The molecule has 21 heavy (non-hydrogen) atoms. The molecule has 2 heterocycles. The van der Waals surface area contributed by atoms with E-state index < -0.39 is 0 Å². The average Bonchev–Trinajstić information content (AvgIpc) is 3.16. The van der Waals surface area contributed by atoms with Gasteiger partial charge in [0.25, 0.3) is 0 Å². The predicted octanol–water partition coefficient (Wildman–Crippen LogP) is 2.77. The number of hydrogen-bond donors (Lipinski definition) is 1. The van der Waals surface area contributed by atoms with Crippen molar-refractivity contribution in [3.8, 4) is 0 Å². The Labute approximate surface area is 126 Å². The van der Waals surface area contributed by atoms with Crippen molar-refractivity contribution in [1.82, 2.24) is 15.4 Å². The summed E-state index contributed by atoms with van der Waals surface area (Å²) in [7, 11) is 0. The van der Waals surface area contributed by atoms with Crippen LogP contribution in [-0.4, -0.2) is 29.7 Å². The standard InChI is InChI=1S/C17H23N3O/c1-2-18-11-16-10-17(21-19-16)13-20-9-8-15(12-20)14-6-4-3-5-7-14/h3-7,10,15,18H,2,8-9,11-13H2,1H3. The van der Waals surface area contributed by atoms with Gasteiger partial charge in [-0.25, -0.2) is 0 Å². The zero-order chi connectivity index (χ0) is 14.5. The van der Waals surface area contributed by atoms with E-state index in [-0.39, 0.29) is 0 Å². The monoisotopic (exact) mass is 285 g/mol. The largest absolute Gasteiger partial charge is 0.360 e. The van der Waals surface area contributed by atoms with E-state index in [2.05, 4.69) is 58.7 Å². The van der Waals surface area contributed by atoms with E-state index in [0.29, 0.717) is 5.92 Å². The molecule has 0 saturated carbocycles. The van der Waals surface area contributed by atoms with Gasteiger partial charge in [-0.1, -0.05) is 42.4 Å². The number of likely N-dealkylation sites (tertiary alicyclic amines) is 1. The van der Waals surface area contributed by atoms with Gasteiger partial charge in [0, 0.05) is 19.2 Å². The van der Waals surface area contributed by atoms with Gasteiger partial charge in [0.1, 0.15) is 0 Å². The summed E-state index contributed by atoms with van der Waals surface area (Å²) in [5.41, 5.74) is 2.44. The molecule has 3 rings (SSSR count). The fraction of sp³-hybridized carbons (Fsp3) is 0.471. The first-order valence-electron chi connectivity index (χ1n) is 7.77.